The van der Waals surface area contributed by atoms with Crippen LogP contribution in [-0.2, 0) is 0 Å². The molecule has 4 nitrogen and oxygen atoms in total. The van der Waals surface area contributed by atoms with Crippen LogP contribution in [0, 0.1) is 0 Å². The first-order chi connectivity index (χ1) is 30.2. The topological polar surface area (TPSA) is 41.9 Å². The summed E-state index contributed by atoms with van der Waals surface area (Å²) in [6.07, 6.45) is 0. The summed E-state index contributed by atoms with van der Waals surface area (Å²) in [5.74, 6) is 0.680. The summed E-state index contributed by atoms with van der Waals surface area (Å²) in [5.41, 5.74) is 13.2. The Hall–Kier alpha value is -8.21. The van der Waals surface area contributed by atoms with Crippen molar-refractivity contribution in [2.75, 3.05) is 4.90 Å². The Morgan fingerprint density at radius 2 is 0.836 bits per heavy atom. The van der Waals surface area contributed by atoms with Crippen LogP contribution in [0.25, 0.3) is 88.7 Å². The molecule has 0 aliphatic carbocycles. The Bertz CT molecular complexity index is 3290. The van der Waals surface area contributed by atoms with Crippen LogP contribution in [0.15, 0.2) is 231 Å². The molecule has 0 spiro atoms. The number of hydrogen-bond donors (Lipinski definition) is 0. The molecule has 9 aromatic carbocycles. The van der Waals surface area contributed by atoms with Crippen molar-refractivity contribution in [3.05, 3.63) is 231 Å². The molecule has 0 aliphatic rings. The predicted octanol–water partition coefficient (Wildman–Crippen LogP) is 15.1. The Morgan fingerprint density at radius 3 is 1.54 bits per heavy atom. The fourth-order valence-electron chi connectivity index (χ4n) is 8.47. The van der Waals surface area contributed by atoms with Gasteiger partial charge in [-0.15, -0.1) is 0 Å². The van der Waals surface area contributed by atoms with Crippen LogP contribution in [0.5, 0.6) is 0 Å². The number of para-hydroxylation sites is 2. The molecule has 0 bridgehead atoms. The number of anilines is 3. The molecule has 0 unspecified atom stereocenters. The second kappa shape index (κ2) is 15.5. The Balaban J connectivity index is 1.08. The second-order valence-electron chi connectivity index (χ2n) is 15.2. The summed E-state index contributed by atoms with van der Waals surface area (Å²) in [4.78, 5) is 18.2. The molecule has 61 heavy (non-hydrogen) atoms. The van der Waals surface area contributed by atoms with Gasteiger partial charge >= 0.3 is 0 Å². The highest BCUT2D eigenvalue weighted by atomic mass is 15.1. The standard InChI is InChI=1S/C57H38N4/c1-5-16-39(17-6-1)40-28-30-43(31-29-40)57-59-53(42-19-7-2-8-20-42)38-54(60-57)44-33-35-52-51(37-44)55-49-27-14-13-18-41(49)32-34-50(55)56(58-52)45-21-15-26-48(36-45)61(46-22-9-3-10-23-46)47-24-11-4-12-25-47/h1-38H. The number of benzene rings is 9. The van der Waals surface area contributed by atoms with Crippen molar-refractivity contribution in [2.45, 2.75) is 0 Å². The molecular weight excluding hydrogens is 741 g/mol. The zero-order chi connectivity index (χ0) is 40.5. The Morgan fingerprint density at radius 1 is 0.295 bits per heavy atom. The monoisotopic (exact) mass is 778 g/mol. The van der Waals surface area contributed by atoms with Gasteiger partial charge in [0.15, 0.2) is 5.82 Å². The maximum atomic E-state index is 5.47. The third-order valence-corrected chi connectivity index (χ3v) is 11.4. The maximum absolute atomic E-state index is 5.47. The molecule has 11 rings (SSSR count). The zero-order valence-electron chi connectivity index (χ0n) is 33.2. The van der Waals surface area contributed by atoms with Crippen LogP contribution in [0.1, 0.15) is 0 Å². The lowest BCUT2D eigenvalue weighted by Gasteiger charge is -2.26. The van der Waals surface area contributed by atoms with Crippen LogP contribution in [0.3, 0.4) is 0 Å². The molecule has 0 amide bonds. The molecule has 2 aromatic heterocycles. The van der Waals surface area contributed by atoms with E-state index in [9.17, 15) is 0 Å². The van der Waals surface area contributed by atoms with Gasteiger partial charge in [0.2, 0.25) is 0 Å². The number of nitrogens with zero attached hydrogens (tertiary/aromatic N) is 4. The average Bonchev–Trinajstić information content (AvgIpc) is 3.34. The van der Waals surface area contributed by atoms with Crippen LogP contribution in [0.2, 0.25) is 0 Å². The van der Waals surface area contributed by atoms with E-state index in [1.165, 1.54) is 21.7 Å². The SMILES string of the molecule is c1ccc(-c2ccc(-c3nc(-c4ccccc4)cc(-c4ccc5nc(-c6cccc(N(c7ccccc7)c7ccccc7)c6)c6ccc7ccccc7c6c5c4)n3)cc2)cc1. The number of rotatable bonds is 8. The molecule has 0 saturated carbocycles. The van der Waals surface area contributed by atoms with Gasteiger partial charge in [-0.3, -0.25) is 0 Å². The van der Waals surface area contributed by atoms with Gasteiger partial charge in [-0.25, -0.2) is 15.0 Å². The van der Waals surface area contributed by atoms with E-state index in [1.807, 2.05) is 12.1 Å². The number of aromatic nitrogens is 3. The van der Waals surface area contributed by atoms with Gasteiger partial charge in [-0.2, -0.15) is 0 Å². The first-order valence-corrected chi connectivity index (χ1v) is 20.6. The average molecular weight is 779 g/mol. The Kier molecular flexibility index (Phi) is 9.14. The second-order valence-corrected chi connectivity index (χ2v) is 15.2. The summed E-state index contributed by atoms with van der Waals surface area (Å²) >= 11 is 0. The first kappa shape index (κ1) is 35.9. The highest BCUT2D eigenvalue weighted by Crippen LogP contribution is 2.41. The predicted molar refractivity (Wildman–Crippen MR) is 254 cm³/mol. The van der Waals surface area contributed by atoms with Crippen LogP contribution in [-0.4, -0.2) is 15.0 Å². The molecule has 4 heteroatoms. The summed E-state index contributed by atoms with van der Waals surface area (Å²) < 4.78 is 0. The molecule has 286 valence electrons. The lowest BCUT2D eigenvalue weighted by molar-refractivity contribution is 1.18. The van der Waals surface area contributed by atoms with E-state index in [4.69, 9.17) is 15.0 Å². The van der Waals surface area contributed by atoms with Crippen LogP contribution >= 0.6 is 0 Å². The van der Waals surface area contributed by atoms with E-state index in [0.29, 0.717) is 5.82 Å². The van der Waals surface area contributed by atoms with Crippen LogP contribution in [0.4, 0.5) is 17.1 Å². The van der Waals surface area contributed by atoms with Gasteiger partial charge in [0.1, 0.15) is 0 Å². The van der Waals surface area contributed by atoms with E-state index in [1.54, 1.807) is 0 Å². The quantitative estimate of drug-likeness (QED) is 0.144. The molecule has 11 aromatic rings. The van der Waals surface area contributed by atoms with E-state index >= 15 is 0 Å². The van der Waals surface area contributed by atoms with Crippen LogP contribution < -0.4 is 4.90 Å². The van der Waals surface area contributed by atoms with E-state index < -0.39 is 0 Å². The highest BCUT2D eigenvalue weighted by molar-refractivity contribution is 6.22. The molecule has 0 atom stereocenters. The fraction of sp³-hybridized carbons (Fsp3) is 0. The minimum absolute atomic E-state index is 0.680. The van der Waals surface area contributed by atoms with Gasteiger partial charge in [0, 0.05) is 55.5 Å². The van der Waals surface area contributed by atoms with Crippen molar-refractivity contribution in [3.63, 3.8) is 0 Å². The molecule has 0 aliphatic heterocycles. The molecule has 0 fully saturated rings. The van der Waals surface area contributed by atoms with Gasteiger partial charge in [0.05, 0.1) is 22.6 Å². The zero-order valence-corrected chi connectivity index (χ0v) is 33.2. The van der Waals surface area contributed by atoms with Crippen molar-refractivity contribution >= 4 is 49.5 Å². The minimum atomic E-state index is 0.680. The molecular formula is C57H38N4. The fourth-order valence-corrected chi connectivity index (χ4v) is 8.47. The van der Waals surface area contributed by atoms with Crippen molar-refractivity contribution in [1.29, 1.82) is 0 Å². The van der Waals surface area contributed by atoms with E-state index in [2.05, 4.69) is 223 Å². The lowest BCUT2D eigenvalue weighted by atomic mass is 9.94. The molecule has 0 saturated heterocycles. The largest absolute Gasteiger partial charge is 0.310 e. The minimum Gasteiger partial charge on any atom is -0.310 e. The number of pyridine rings is 1. The van der Waals surface area contributed by atoms with Gasteiger partial charge in [0.25, 0.3) is 0 Å². The number of hydrogen-bond acceptors (Lipinski definition) is 4. The van der Waals surface area contributed by atoms with Gasteiger partial charge in [-0.05, 0) is 76.5 Å². The summed E-state index contributed by atoms with van der Waals surface area (Å²) in [6, 6.07) is 80.9. The van der Waals surface area contributed by atoms with Crippen molar-refractivity contribution in [3.8, 4) is 56.3 Å². The van der Waals surface area contributed by atoms with Gasteiger partial charge < -0.3 is 4.90 Å². The van der Waals surface area contributed by atoms with Crippen molar-refractivity contribution in [1.82, 2.24) is 15.0 Å². The summed E-state index contributed by atoms with van der Waals surface area (Å²) in [7, 11) is 0. The summed E-state index contributed by atoms with van der Waals surface area (Å²) in [5, 5.41) is 5.71. The summed E-state index contributed by atoms with van der Waals surface area (Å²) in [6.45, 7) is 0. The molecule has 2 heterocycles. The van der Waals surface area contributed by atoms with Gasteiger partial charge in [-0.1, -0.05) is 176 Å². The smallest absolute Gasteiger partial charge is 0.160 e. The van der Waals surface area contributed by atoms with Crippen molar-refractivity contribution in [2.24, 2.45) is 0 Å². The molecule has 0 radical (unpaired) electrons. The Labute approximate surface area is 354 Å². The van der Waals surface area contributed by atoms with E-state index in [-0.39, 0.29) is 0 Å². The van der Waals surface area contributed by atoms with E-state index in [0.717, 1.165) is 78.3 Å². The van der Waals surface area contributed by atoms with Crippen molar-refractivity contribution < 1.29 is 0 Å². The third kappa shape index (κ3) is 6.86. The lowest BCUT2D eigenvalue weighted by Crippen LogP contribution is -2.09. The highest BCUT2D eigenvalue weighted by Gasteiger charge is 2.18. The first-order valence-electron chi connectivity index (χ1n) is 20.6. The third-order valence-electron chi connectivity index (χ3n) is 11.4. The molecule has 0 N–H and O–H groups in total. The maximum Gasteiger partial charge on any atom is 0.160 e. The normalized spacial score (nSPS) is 11.3. The number of fused-ring (bicyclic) bond motifs is 5.